The van der Waals surface area contributed by atoms with E-state index in [2.05, 4.69) is 10.3 Å². The first kappa shape index (κ1) is 21.2. The fraction of sp³-hybridized carbons (Fsp3) is 0.500. The highest BCUT2D eigenvalue weighted by Gasteiger charge is 2.32. The Morgan fingerprint density at radius 2 is 1.85 bits per heavy atom. The number of hydrogen-bond donors (Lipinski definition) is 1. The number of fused-ring (bicyclic) bond motifs is 1. The molecular formula is C18H21ClF3N3O2. The van der Waals surface area contributed by atoms with Crippen molar-refractivity contribution in [3.63, 3.8) is 0 Å². The number of benzene rings is 1. The molecule has 0 amide bonds. The van der Waals surface area contributed by atoms with Crippen molar-refractivity contribution in [3.8, 4) is 0 Å². The third-order valence-corrected chi connectivity index (χ3v) is 4.64. The minimum absolute atomic E-state index is 0.0243. The summed E-state index contributed by atoms with van der Waals surface area (Å²) in [6, 6.07) is 2.99. The van der Waals surface area contributed by atoms with E-state index < -0.39 is 27.5 Å². The van der Waals surface area contributed by atoms with Gasteiger partial charge < -0.3 is 5.32 Å². The van der Waals surface area contributed by atoms with Crippen LogP contribution in [0.3, 0.4) is 0 Å². The number of anilines is 1. The molecule has 1 aliphatic rings. The van der Waals surface area contributed by atoms with Gasteiger partial charge in [0.15, 0.2) is 0 Å². The van der Waals surface area contributed by atoms with Crippen LogP contribution in [-0.2, 0) is 6.18 Å². The molecule has 1 fully saturated rings. The Hall–Kier alpha value is -2.09. The van der Waals surface area contributed by atoms with Gasteiger partial charge in [0, 0.05) is 11.4 Å². The van der Waals surface area contributed by atoms with Gasteiger partial charge in [0.05, 0.1) is 16.0 Å². The van der Waals surface area contributed by atoms with Gasteiger partial charge in [-0.2, -0.15) is 13.2 Å². The van der Waals surface area contributed by atoms with E-state index in [1.54, 1.807) is 0 Å². The Morgan fingerprint density at radius 1 is 1.22 bits per heavy atom. The number of aromatic nitrogens is 1. The Bertz CT molecular complexity index is 822. The highest BCUT2D eigenvalue weighted by atomic mass is 35.5. The summed E-state index contributed by atoms with van der Waals surface area (Å²) in [6.07, 6.45) is 0.271. The molecule has 1 aromatic carbocycles. The maximum Gasteiger partial charge on any atom is 0.416 e. The number of rotatable bonds is 3. The van der Waals surface area contributed by atoms with Crippen LogP contribution in [0.4, 0.5) is 24.5 Å². The van der Waals surface area contributed by atoms with Crippen molar-refractivity contribution in [1.29, 1.82) is 0 Å². The standard InChI is InChI=1S/C16H15ClF3N3O2.C2H6/c17-15-14(23(24)25)13(21-10-4-2-1-3-5-10)11-7-6-9(16(18,19)20)8-12(11)22-15;1-2/h6-8,10H,1-5H2,(H,21,22);1-2H3. The van der Waals surface area contributed by atoms with E-state index in [-0.39, 0.29) is 22.6 Å². The van der Waals surface area contributed by atoms with E-state index in [4.69, 9.17) is 11.6 Å². The van der Waals surface area contributed by atoms with Crippen LogP contribution in [0, 0.1) is 10.1 Å². The summed E-state index contributed by atoms with van der Waals surface area (Å²) in [4.78, 5) is 14.6. The molecule has 148 valence electrons. The predicted molar refractivity (Wildman–Crippen MR) is 100 cm³/mol. The molecule has 0 aliphatic heterocycles. The maximum atomic E-state index is 12.9. The summed E-state index contributed by atoms with van der Waals surface area (Å²) < 4.78 is 38.7. The molecule has 9 heteroatoms. The average Bonchev–Trinajstić information content (AvgIpc) is 2.62. The lowest BCUT2D eigenvalue weighted by Gasteiger charge is -2.24. The van der Waals surface area contributed by atoms with E-state index >= 15 is 0 Å². The molecule has 1 saturated carbocycles. The molecule has 0 atom stereocenters. The van der Waals surface area contributed by atoms with E-state index in [9.17, 15) is 23.3 Å². The zero-order valence-corrected chi connectivity index (χ0v) is 15.8. The molecule has 0 unspecified atom stereocenters. The van der Waals surface area contributed by atoms with Gasteiger partial charge in [-0.3, -0.25) is 10.1 Å². The van der Waals surface area contributed by atoms with Crippen LogP contribution in [-0.4, -0.2) is 15.9 Å². The SMILES string of the molecule is CC.O=[N+]([O-])c1c(Cl)nc2cc(C(F)(F)F)ccc2c1NC1CCCCC1. The molecule has 0 saturated heterocycles. The molecule has 0 spiro atoms. The van der Waals surface area contributed by atoms with Crippen molar-refractivity contribution in [2.24, 2.45) is 0 Å². The molecule has 5 nitrogen and oxygen atoms in total. The molecule has 1 N–H and O–H groups in total. The summed E-state index contributed by atoms with van der Waals surface area (Å²) in [5.74, 6) is 0. The first-order chi connectivity index (χ1) is 12.8. The van der Waals surface area contributed by atoms with Gasteiger partial charge in [0.1, 0.15) is 5.69 Å². The fourth-order valence-corrected chi connectivity index (χ4v) is 3.42. The van der Waals surface area contributed by atoms with Crippen LogP contribution in [0.15, 0.2) is 18.2 Å². The second-order valence-electron chi connectivity index (χ2n) is 6.09. The van der Waals surface area contributed by atoms with Crippen molar-refractivity contribution in [1.82, 2.24) is 4.98 Å². The quantitative estimate of drug-likeness (QED) is 0.356. The summed E-state index contributed by atoms with van der Waals surface area (Å²) in [7, 11) is 0. The molecule has 2 aromatic rings. The average molecular weight is 404 g/mol. The lowest BCUT2D eigenvalue weighted by Crippen LogP contribution is -2.23. The number of hydrogen-bond acceptors (Lipinski definition) is 4. The van der Waals surface area contributed by atoms with Crippen LogP contribution in [0.25, 0.3) is 10.9 Å². The molecule has 3 rings (SSSR count). The summed E-state index contributed by atoms with van der Waals surface area (Å²) in [6.45, 7) is 4.00. The lowest BCUT2D eigenvalue weighted by molar-refractivity contribution is -0.384. The van der Waals surface area contributed by atoms with E-state index in [1.165, 1.54) is 6.07 Å². The smallest absolute Gasteiger partial charge is 0.376 e. The largest absolute Gasteiger partial charge is 0.416 e. The third kappa shape index (κ3) is 4.80. The first-order valence-corrected chi connectivity index (χ1v) is 9.26. The topological polar surface area (TPSA) is 68.1 Å². The molecule has 0 radical (unpaired) electrons. The van der Waals surface area contributed by atoms with Crippen molar-refractivity contribution >= 4 is 33.9 Å². The molecule has 1 heterocycles. The summed E-state index contributed by atoms with van der Waals surface area (Å²) in [5, 5.41) is 14.4. The summed E-state index contributed by atoms with van der Waals surface area (Å²) >= 11 is 5.91. The predicted octanol–water partition coefficient (Wildman–Crippen LogP) is 6.59. The Labute approximate surface area is 160 Å². The van der Waals surface area contributed by atoms with Gasteiger partial charge in [-0.05, 0) is 31.0 Å². The molecule has 1 aromatic heterocycles. The minimum Gasteiger partial charge on any atom is -0.376 e. The van der Waals surface area contributed by atoms with E-state index in [0.29, 0.717) is 0 Å². The number of alkyl halides is 3. The maximum absolute atomic E-state index is 12.9. The van der Waals surface area contributed by atoms with Gasteiger partial charge in [-0.25, -0.2) is 4.98 Å². The van der Waals surface area contributed by atoms with Crippen molar-refractivity contribution < 1.29 is 18.1 Å². The van der Waals surface area contributed by atoms with Crippen LogP contribution >= 0.6 is 11.6 Å². The highest BCUT2D eigenvalue weighted by molar-refractivity contribution is 6.33. The number of nitro groups is 1. The van der Waals surface area contributed by atoms with Crippen LogP contribution in [0.1, 0.15) is 51.5 Å². The molecule has 27 heavy (non-hydrogen) atoms. The van der Waals surface area contributed by atoms with Gasteiger partial charge in [0.2, 0.25) is 5.15 Å². The van der Waals surface area contributed by atoms with Gasteiger partial charge in [-0.1, -0.05) is 44.7 Å². The van der Waals surface area contributed by atoms with E-state index in [0.717, 1.165) is 44.2 Å². The van der Waals surface area contributed by atoms with Crippen molar-refractivity contribution in [2.45, 2.75) is 58.2 Å². The second-order valence-corrected chi connectivity index (χ2v) is 6.45. The van der Waals surface area contributed by atoms with Gasteiger partial charge >= 0.3 is 11.9 Å². The Balaban J connectivity index is 0.00000126. The number of nitrogens with one attached hydrogen (secondary N) is 1. The molecule has 1 aliphatic carbocycles. The monoisotopic (exact) mass is 403 g/mol. The number of nitrogens with zero attached hydrogens (tertiary/aromatic N) is 2. The van der Waals surface area contributed by atoms with Crippen LogP contribution in [0.2, 0.25) is 5.15 Å². The number of pyridine rings is 1. The lowest BCUT2D eigenvalue weighted by atomic mass is 9.95. The normalized spacial score (nSPS) is 15.2. The molecule has 0 bridgehead atoms. The number of halogens is 4. The van der Waals surface area contributed by atoms with Gasteiger partial charge in [-0.15, -0.1) is 0 Å². The zero-order chi connectivity index (χ0) is 20.2. The second kappa shape index (κ2) is 8.73. The van der Waals surface area contributed by atoms with Gasteiger partial charge in [0.25, 0.3) is 0 Å². The fourth-order valence-electron chi connectivity index (χ4n) is 3.17. The Morgan fingerprint density at radius 3 is 2.41 bits per heavy atom. The Kier molecular flexibility index (Phi) is 6.86. The van der Waals surface area contributed by atoms with Crippen LogP contribution < -0.4 is 5.32 Å². The highest BCUT2D eigenvalue weighted by Crippen LogP contribution is 2.40. The first-order valence-electron chi connectivity index (χ1n) is 8.89. The van der Waals surface area contributed by atoms with Crippen LogP contribution in [0.5, 0.6) is 0 Å². The third-order valence-electron chi connectivity index (χ3n) is 4.38. The summed E-state index contributed by atoms with van der Waals surface area (Å²) in [5.41, 5.74) is -1.16. The van der Waals surface area contributed by atoms with Crippen molar-refractivity contribution in [3.05, 3.63) is 39.0 Å². The molecular weight excluding hydrogens is 383 g/mol. The van der Waals surface area contributed by atoms with E-state index in [1.807, 2.05) is 13.8 Å². The van der Waals surface area contributed by atoms with Crippen molar-refractivity contribution in [2.75, 3.05) is 5.32 Å². The zero-order valence-electron chi connectivity index (χ0n) is 15.1. The minimum atomic E-state index is -4.53.